The smallest absolute Gasteiger partial charge is 0.265 e. The van der Waals surface area contributed by atoms with Crippen LogP contribution in [0.15, 0.2) is 0 Å². The molecule has 0 radical (unpaired) electrons. The highest BCUT2D eigenvalue weighted by molar-refractivity contribution is 6.69. The van der Waals surface area contributed by atoms with Crippen LogP contribution in [0.5, 0.6) is 0 Å². The van der Waals surface area contributed by atoms with Crippen LogP contribution in [-0.4, -0.2) is 32.2 Å². The number of hydrogen-bond donors (Lipinski definition) is 0. The Morgan fingerprint density at radius 2 is 2.30 bits per heavy atom. The van der Waals surface area contributed by atoms with Gasteiger partial charge in [0.2, 0.25) is 0 Å². The van der Waals surface area contributed by atoms with E-state index in [9.17, 15) is 0 Å². The number of hydrogen-bond acceptors (Lipinski definition) is 2. The van der Waals surface area contributed by atoms with Crippen molar-refractivity contribution >= 4 is 8.48 Å². The number of fused-ring (bicyclic) bond motifs is 1. The zero-order valence-corrected chi connectivity index (χ0v) is 7.76. The SMILES string of the molecule is C[Si]1(C)OCC2CCCN21. The second-order valence-electron chi connectivity index (χ2n) is 3.75. The molecule has 0 bridgehead atoms. The molecule has 2 fully saturated rings. The summed E-state index contributed by atoms with van der Waals surface area (Å²) in [5.74, 6) is 0. The number of nitrogens with zero attached hydrogens (tertiary/aromatic N) is 1. The van der Waals surface area contributed by atoms with Crippen LogP contribution in [0.1, 0.15) is 12.8 Å². The molecular weight excluding hydrogens is 142 g/mol. The molecule has 10 heavy (non-hydrogen) atoms. The van der Waals surface area contributed by atoms with Crippen LogP contribution in [0.4, 0.5) is 0 Å². The van der Waals surface area contributed by atoms with E-state index >= 15 is 0 Å². The third-order valence-electron chi connectivity index (χ3n) is 2.70. The molecule has 0 saturated carbocycles. The summed E-state index contributed by atoms with van der Waals surface area (Å²) in [6, 6.07) is 0.793. The molecule has 2 heterocycles. The maximum atomic E-state index is 5.77. The van der Waals surface area contributed by atoms with E-state index < -0.39 is 8.48 Å². The van der Waals surface area contributed by atoms with E-state index in [0.29, 0.717) is 0 Å². The number of rotatable bonds is 0. The van der Waals surface area contributed by atoms with Crippen LogP contribution < -0.4 is 0 Å². The Morgan fingerprint density at radius 3 is 3.00 bits per heavy atom. The Balaban J connectivity index is 2.16. The maximum absolute atomic E-state index is 5.77. The average Bonchev–Trinajstić information content (AvgIpc) is 2.36. The minimum absolute atomic E-state index is 0.793. The first kappa shape index (κ1) is 6.82. The van der Waals surface area contributed by atoms with Crippen molar-refractivity contribution in [2.24, 2.45) is 0 Å². The molecule has 2 rings (SSSR count). The molecule has 0 spiro atoms. The normalized spacial score (nSPS) is 38.4. The lowest BCUT2D eigenvalue weighted by atomic mass is 10.2. The summed E-state index contributed by atoms with van der Waals surface area (Å²) < 4.78 is 8.39. The first-order valence-electron chi connectivity index (χ1n) is 4.11. The molecule has 2 saturated heterocycles. The van der Waals surface area contributed by atoms with E-state index in [2.05, 4.69) is 17.7 Å². The summed E-state index contributed by atoms with van der Waals surface area (Å²) in [5, 5.41) is 0. The second-order valence-corrected chi connectivity index (χ2v) is 7.50. The van der Waals surface area contributed by atoms with Crippen LogP contribution in [0.25, 0.3) is 0 Å². The van der Waals surface area contributed by atoms with E-state index in [-0.39, 0.29) is 0 Å². The van der Waals surface area contributed by atoms with Crippen molar-refractivity contribution in [2.75, 3.05) is 13.2 Å². The van der Waals surface area contributed by atoms with Crippen molar-refractivity contribution in [3.05, 3.63) is 0 Å². The molecule has 2 aliphatic heterocycles. The minimum Gasteiger partial charge on any atom is -0.402 e. The predicted molar refractivity (Wildman–Crippen MR) is 43.2 cm³/mol. The highest BCUT2D eigenvalue weighted by atomic mass is 28.4. The van der Waals surface area contributed by atoms with Crippen molar-refractivity contribution in [3.63, 3.8) is 0 Å². The lowest BCUT2D eigenvalue weighted by Gasteiger charge is -2.25. The first-order valence-corrected chi connectivity index (χ1v) is 6.96. The van der Waals surface area contributed by atoms with Gasteiger partial charge in [0.05, 0.1) is 6.61 Å². The standard InChI is InChI=1S/C7H15NOSi/c1-10(2)8-5-3-4-7(8)6-9-10/h7H,3-6H2,1-2H3. The van der Waals surface area contributed by atoms with Gasteiger partial charge in [0.25, 0.3) is 8.48 Å². The summed E-state index contributed by atoms with van der Waals surface area (Å²) in [6.45, 7) is 6.92. The van der Waals surface area contributed by atoms with Crippen molar-refractivity contribution in [2.45, 2.75) is 32.0 Å². The highest BCUT2D eigenvalue weighted by Crippen LogP contribution is 2.30. The average molecular weight is 157 g/mol. The van der Waals surface area contributed by atoms with Crippen molar-refractivity contribution in [1.29, 1.82) is 0 Å². The second kappa shape index (κ2) is 2.06. The minimum atomic E-state index is -1.34. The van der Waals surface area contributed by atoms with E-state index in [0.717, 1.165) is 12.6 Å². The molecule has 0 aromatic rings. The fourth-order valence-corrected chi connectivity index (χ4v) is 4.65. The first-order chi connectivity index (χ1) is 4.70. The van der Waals surface area contributed by atoms with Crippen LogP contribution in [-0.2, 0) is 4.43 Å². The fraction of sp³-hybridized carbons (Fsp3) is 1.00. The Hall–Kier alpha value is 0.137. The van der Waals surface area contributed by atoms with E-state index in [1.54, 1.807) is 0 Å². The highest BCUT2D eigenvalue weighted by Gasteiger charge is 2.45. The Kier molecular flexibility index (Phi) is 1.41. The van der Waals surface area contributed by atoms with Gasteiger partial charge in [-0.3, -0.25) is 4.57 Å². The quantitative estimate of drug-likeness (QED) is 0.490. The van der Waals surface area contributed by atoms with Gasteiger partial charge in [-0.1, -0.05) is 0 Å². The van der Waals surface area contributed by atoms with Gasteiger partial charge in [0.1, 0.15) is 0 Å². The van der Waals surface area contributed by atoms with E-state index in [1.807, 2.05) is 0 Å². The molecule has 2 nitrogen and oxygen atoms in total. The summed E-state index contributed by atoms with van der Waals surface area (Å²) >= 11 is 0. The molecule has 0 N–H and O–H groups in total. The van der Waals surface area contributed by atoms with Gasteiger partial charge in [-0.2, -0.15) is 0 Å². The summed E-state index contributed by atoms with van der Waals surface area (Å²) in [7, 11) is -1.34. The Labute approximate surface area is 63.4 Å². The molecule has 0 aromatic heterocycles. The van der Waals surface area contributed by atoms with Gasteiger partial charge in [-0.05, 0) is 32.5 Å². The zero-order valence-electron chi connectivity index (χ0n) is 6.76. The summed E-state index contributed by atoms with van der Waals surface area (Å²) in [6.07, 6.45) is 2.76. The zero-order chi connectivity index (χ0) is 7.19. The van der Waals surface area contributed by atoms with Crippen LogP contribution in [0.2, 0.25) is 13.1 Å². The predicted octanol–water partition coefficient (Wildman–Crippen LogP) is 1.18. The van der Waals surface area contributed by atoms with Gasteiger partial charge >= 0.3 is 0 Å². The monoisotopic (exact) mass is 157 g/mol. The topological polar surface area (TPSA) is 12.5 Å². The third kappa shape index (κ3) is 0.846. The lowest BCUT2D eigenvalue weighted by Crippen LogP contribution is -2.45. The molecule has 2 aliphatic rings. The summed E-state index contributed by atoms with van der Waals surface area (Å²) in [5.41, 5.74) is 0. The van der Waals surface area contributed by atoms with Crippen molar-refractivity contribution in [1.82, 2.24) is 4.57 Å². The van der Waals surface area contributed by atoms with Crippen molar-refractivity contribution < 1.29 is 4.43 Å². The van der Waals surface area contributed by atoms with Crippen molar-refractivity contribution in [3.8, 4) is 0 Å². The van der Waals surface area contributed by atoms with Crippen LogP contribution in [0, 0.1) is 0 Å². The fourth-order valence-electron chi connectivity index (χ4n) is 2.10. The Bertz CT molecular complexity index is 149. The maximum Gasteiger partial charge on any atom is 0.265 e. The molecule has 3 heteroatoms. The van der Waals surface area contributed by atoms with Gasteiger partial charge < -0.3 is 4.43 Å². The molecule has 1 unspecified atom stereocenters. The molecule has 0 amide bonds. The van der Waals surface area contributed by atoms with E-state index in [1.165, 1.54) is 19.4 Å². The molecule has 0 aromatic carbocycles. The molecule has 58 valence electrons. The largest absolute Gasteiger partial charge is 0.402 e. The molecule has 0 aliphatic carbocycles. The van der Waals surface area contributed by atoms with Gasteiger partial charge in [0.15, 0.2) is 0 Å². The Morgan fingerprint density at radius 1 is 1.50 bits per heavy atom. The van der Waals surface area contributed by atoms with Crippen LogP contribution >= 0.6 is 0 Å². The van der Waals surface area contributed by atoms with Gasteiger partial charge in [-0.15, -0.1) is 0 Å². The lowest BCUT2D eigenvalue weighted by molar-refractivity contribution is 0.326. The van der Waals surface area contributed by atoms with E-state index in [4.69, 9.17) is 4.43 Å². The van der Waals surface area contributed by atoms with Crippen LogP contribution in [0.3, 0.4) is 0 Å². The molecule has 1 atom stereocenters. The van der Waals surface area contributed by atoms with Gasteiger partial charge in [-0.25, -0.2) is 0 Å². The van der Waals surface area contributed by atoms with Gasteiger partial charge in [0, 0.05) is 6.04 Å². The summed E-state index contributed by atoms with van der Waals surface area (Å²) in [4.78, 5) is 0. The third-order valence-corrected chi connectivity index (χ3v) is 5.54. The molecular formula is C7H15NOSi.